The number of rotatable bonds is 7. The number of benzene rings is 2. The SMILES string of the molecule is CS(=O)(=O)c1cccc(NC(=O)C[NH2+][C@@H](c2ccccc2)c2cccs2)c1. The first-order valence-electron chi connectivity index (χ1n) is 8.45. The Morgan fingerprint density at radius 3 is 2.52 bits per heavy atom. The molecule has 0 aliphatic carbocycles. The zero-order valence-electron chi connectivity index (χ0n) is 14.8. The molecule has 140 valence electrons. The molecule has 0 unspecified atom stereocenters. The maximum atomic E-state index is 12.4. The van der Waals surface area contributed by atoms with Crippen LogP contribution in [0.3, 0.4) is 0 Å². The van der Waals surface area contributed by atoms with Gasteiger partial charge in [-0.3, -0.25) is 4.79 Å². The number of hydrogen-bond donors (Lipinski definition) is 2. The van der Waals surface area contributed by atoms with E-state index in [1.165, 1.54) is 17.0 Å². The van der Waals surface area contributed by atoms with Crippen molar-refractivity contribution in [1.82, 2.24) is 0 Å². The molecule has 2 aromatic carbocycles. The first-order chi connectivity index (χ1) is 12.9. The molecule has 1 atom stereocenters. The molecule has 0 radical (unpaired) electrons. The first-order valence-corrected chi connectivity index (χ1v) is 11.2. The molecule has 7 heteroatoms. The Balaban J connectivity index is 1.68. The largest absolute Gasteiger partial charge is 0.328 e. The number of sulfone groups is 1. The third-order valence-electron chi connectivity index (χ3n) is 4.09. The standard InChI is InChI=1S/C20H20N2O3S2/c1-27(24,25)17-10-5-9-16(13-17)22-19(23)14-21-20(18-11-6-12-26-18)15-7-3-2-4-8-15/h2-13,20-21H,14H2,1H3,(H,22,23)/p+1/t20-/m0/s1. The summed E-state index contributed by atoms with van der Waals surface area (Å²) in [6.45, 7) is 0.223. The van der Waals surface area contributed by atoms with E-state index in [-0.39, 0.29) is 23.4 Å². The van der Waals surface area contributed by atoms with Gasteiger partial charge < -0.3 is 10.6 Å². The average Bonchev–Trinajstić information content (AvgIpc) is 3.17. The quantitative estimate of drug-likeness (QED) is 0.638. The van der Waals surface area contributed by atoms with Gasteiger partial charge in [0.15, 0.2) is 16.4 Å². The highest BCUT2D eigenvalue weighted by Gasteiger charge is 2.20. The van der Waals surface area contributed by atoms with E-state index >= 15 is 0 Å². The molecule has 0 saturated carbocycles. The van der Waals surface area contributed by atoms with Crippen molar-refractivity contribution >= 4 is 32.8 Å². The van der Waals surface area contributed by atoms with Crippen molar-refractivity contribution in [3.05, 3.63) is 82.6 Å². The topological polar surface area (TPSA) is 79.8 Å². The summed E-state index contributed by atoms with van der Waals surface area (Å²) in [7, 11) is -3.31. The summed E-state index contributed by atoms with van der Waals surface area (Å²) in [5.74, 6) is -0.182. The number of quaternary nitrogens is 1. The van der Waals surface area contributed by atoms with Crippen LogP contribution in [0.25, 0.3) is 0 Å². The van der Waals surface area contributed by atoms with Crippen LogP contribution in [0.5, 0.6) is 0 Å². The normalized spacial score (nSPS) is 12.5. The molecule has 3 aromatic rings. The summed E-state index contributed by atoms with van der Waals surface area (Å²) in [6.07, 6.45) is 1.15. The van der Waals surface area contributed by atoms with Gasteiger partial charge >= 0.3 is 0 Å². The summed E-state index contributed by atoms with van der Waals surface area (Å²) < 4.78 is 23.3. The maximum Gasteiger partial charge on any atom is 0.279 e. The number of carbonyl (C=O) groups excluding carboxylic acids is 1. The average molecular weight is 402 g/mol. The van der Waals surface area contributed by atoms with Crippen LogP contribution in [0.2, 0.25) is 0 Å². The van der Waals surface area contributed by atoms with Crippen molar-refractivity contribution in [2.24, 2.45) is 0 Å². The van der Waals surface area contributed by atoms with Gasteiger partial charge in [-0.1, -0.05) is 42.5 Å². The Hall–Kier alpha value is -2.48. The summed E-state index contributed by atoms with van der Waals surface area (Å²) >= 11 is 1.66. The highest BCUT2D eigenvalue weighted by Crippen LogP contribution is 2.22. The van der Waals surface area contributed by atoms with E-state index in [0.29, 0.717) is 5.69 Å². The fourth-order valence-corrected chi connectivity index (χ4v) is 4.30. The second-order valence-corrected chi connectivity index (χ2v) is 9.19. The molecule has 3 N–H and O–H groups in total. The van der Waals surface area contributed by atoms with Crippen LogP contribution in [0, 0.1) is 0 Å². The first kappa shape index (κ1) is 19.3. The molecule has 1 aromatic heterocycles. The van der Waals surface area contributed by atoms with E-state index in [4.69, 9.17) is 0 Å². The van der Waals surface area contributed by atoms with Crippen LogP contribution in [-0.2, 0) is 14.6 Å². The van der Waals surface area contributed by atoms with Crippen molar-refractivity contribution in [3.8, 4) is 0 Å². The summed E-state index contributed by atoms with van der Waals surface area (Å²) in [5.41, 5.74) is 1.61. The highest BCUT2D eigenvalue weighted by molar-refractivity contribution is 7.90. The molecule has 0 spiro atoms. The fraction of sp³-hybridized carbons (Fsp3) is 0.150. The molecule has 0 saturated heterocycles. The minimum atomic E-state index is -3.31. The van der Waals surface area contributed by atoms with Crippen molar-refractivity contribution in [2.75, 3.05) is 18.1 Å². The van der Waals surface area contributed by atoms with Gasteiger partial charge in [-0.05, 0) is 29.6 Å². The molecular weight excluding hydrogens is 380 g/mol. The second-order valence-electron chi connectivity index (χ2n) is 6.19. The molecule has 0 fully saturated rings. The Kier molecular flexibility index (Phi) is 6.05. The fourth-order valence-electron chi connectivity index (χ4n) is 2.79. The minimum Gasteiger partial charge on any atom is -0.328 e. The van der Waals surface area contributed by atoms with E-state index in [9.17, 15) is 13.2 Å². The smallest absolute Gasteiger partial charge is 0.279 e. The summed E-state index contributed by atoms with van der Waals surface area (Å²) in [4.78, 5) is 13.7. The van der Waals surface area contributed by atoms with Gasteiger partial charge in [0.25, 0.3) is 5.91 Å². The number of amides is 1. The van der Waals surface area contributed by atoms with Crippen molar-refractivity contribution in [3.63, 3.8) is 0 Å². The van der Waals surface area contributed by atoms with E-state index in [0.717, 1.165) is 11.8 Å². The van der Waals surface area contributed by atoms with Crippen molar-refractivity contribution in [2.45, 2.75) is 10.9 Å². The van der Waals surface area contributed by atoms with Crippen LogP contribution >= 0.6 is 11.3 Å². The summed E-state index contributed by atoms with van der Waals surface area (Å²) in [5, 5.41) is 6.78. The van der Waals surface area contributed by atoms with Crippen molar-refractivity contribution < 1.29 is 18.5 Å². The lowest BCUT2D eigenvalue weighted by Crippen LogP contribution is -2.87. The van der Waals surface area contributed by atoms with Gasteiger partial charge in [-0.25, -0.2) is 8.42 Å². The zero-order valence-corrected chi connectivity index (χ0v) is 16.5. The van der Waals surface area contributed by atoms with E-state index in [2.05, 4.69) is 11.4 Å². The van der Waals surface area contributed by atoms with E-state index < -0.39 is 9.84 Å². The Bertz CT molecular complexity index is 1000. The predicted octanol–water partition coefficient (Wildman–Crippen LogP) is 2.44. The van der Waals surface area contributed by atoms with Crippen LogP contribution in [-0.4, -0.2) is 27.1 Å². The second kappa shape index (κ2) is 8.47. The van der Waals surface area contributed by atoms with Crippen LogP contribution in [0.1, 0.15) is 16.5 Å². The van der Waals surface area contributed by atoms with Crippen LogP contribution in [0.15, 0.2) is 77.0 Å². The van der Waals surface area contributed by atoms with E-state index in [1.807, 2.05) is 47.1 Å². The highest BCUT2D eigenvalue weighted by atomic mass is 32.2. The molecule has 5 nitrogen and oxygen atoms in total. The van der Waals surface area contributed by atoms with Crippen LogP contribution in [0.4, 0.5) is 5.69 Å². The number of anilines is 1. The van der Waals surface area contributed by atoms with E-state index in [1.54, 1.807) is 23.5 Å². The number of nitrogens with one attached hydrogen (secondary N) is 1. The third-order valence-corrected chi connectivity index (χ3v) is 6.16. The monoisotopic (exact) mass is 401 g/mol. The van der Waals surface area contributed by atoms with Gasteiger partial charge in [-0.15, -0.1) is 11.3 Å². The Morgan fingerprint density at radius 2 is 1.85 bits per heavy atom. The molecule has 3 rings (SSSR count). The number of carbonyl (C=O) groups is 1. The van der Waals surface area contributed by atoms with Gasteiger partial charge in [0.05, 0.1) is 9.77 Å². The molecule has 0 bridgehead atoms. The number of thiophene rings is 1. The Morgan fingerprint density at radius 1 is 1.07 bits per heavy atom. The van der Waals surface area contributed by atoms with Crippen molar-refractivity contribution in [1.29, 1.82) is 0 Å². The third kappa shape index (κ3) is 5.26. The molecule has 27 heavy (non-hydrogen) atoms. The maximum absolute atomic E-state index is 12.4. The molecular formula is C20H21N2O3S2+. The number of nitrogens with two attached hydrogens (primary N) is 1. The van der Waals surface area contributed by atoms with Gasteiger partial charge in [0.1, 0.15) is 6.04 Å². The van der Waals surface area contributed by atoms with Gasteiger partial charge in [0.2, 0.25) is 0 Å². The van der Waals surface area contributed by atoms with Crippen LogP contribution < -0.4 is 10.6 Å². The molecule has 1 heterocycles. The zero-order chi connectivity index (χ0) is 19.3. The number of hydrogen-bond acceptors (Lipinski definition) is 4. The lowest BCUT2D eigenvalue weighted by Gasteiger charge is -2.15. The molecule has 0 aliphatic rings. The van der Waals surface area contributed by atoms with Gasteiger partial charge in [0, 0.05) is 17.5 Å². The minimum absolute atomic E-state index is 0.0410. The Labute approximate surface area is 163 Å². The molecule has 1 amide bonds. The lowest BCUT2D eigenvalue weighted by molar-refractivity contribution is -0.675. The molecule has 0 aliphatic heterocycles. The summed E-state index contributed by atoms with van der Waals surface area (Å²) in [6, 6.07) is 20.4. The van der Waals surface area contributed by atoms with Gasteiger partial charge in [-0.2, -0.15) is 0 Å². The lowest BCUT2D eigenvalue weighted by atomic mass is 10.1. The predicted molar refractivity (Wildman–Crippen MR) is 108 cm³/mol.